The van der Waals surface area contributed by atoms with Crippen LogP contribution in [0.1, 0.15) is 11.4 Å². The van der Waals surface area contributed by atoms with E-state index in [1.165, 1.54) is 13.2 Å². The molecule has 0 saturated carbocycles. The van der Waals surface area contributed by atoms with Gasteiger partial charge in [-0.05, 0) is 24.6 Å². The molecule has 0 aliphatic rings. The van der Waals surface area contributed by atoms with Crippen molar-refractivity contribution < 1.29 is 13.2 Å². The first-order valence-corrected chi connectivity index (χ1v) is 7.73. The van der Waals surface area contributed by atoms with E-state index >= 15 is 0 Å². The minimum absolute atomic E-state index is 0.0160. The lowest BCUT2D eigenvalue weighted by Gasteiger charge is -2.13. The maximum Gasteiger partial charge on any atom is 0.244 e. The maximum absolute atomic E-state index is 12.4. The summed E-state index contributed by atoms with van der Waals surface area (Å²) in [6.07, 6.45) is 3.35. The highest BCUT2D eigenvalue weighted by Crippen LogP contribution is 2.28. The number of aromatic nitrogens is 2. The van der Waals surface area contributed by atoms with Crippen LogP contribution in [0.15, 0.2) is 29.4 Å². The number of benzene rings is 1. The number of anilines is 1. The highest BCUT2D eigenvalue weighted by Gasteiger charge is 2.21. The third-order valence-electron chi connectivity index (χ3n) is 3.18. The van der Waals surface area contributed by atoms with Gasteiger partial charge < -0.3 is 15.0 Å². The smallest absolute Gasteiger partial charge is 0.244 e. The zero-order chi connectivity index (χ0) is 15.6. The van der Waals surface area contributed by atoms with Gasteiger partial charge in [0.1, 0.15) is 16.5 Å². The molecular formula is C13H18N4O3S. The first kappa shape index (κ1) is 15.3. The molecule has 0 bridgehead atoms. The van der Waals surface area contributed by atoms with E-state index < -0.39 is 10.0 Å². The average Bonchev–Trinajstić information content (AvgIpc) is 2.84. The summed E-state index contributed by atoms with van der Waals surface area (Å²) in [7, 11) is -0.531. The van der Waals surface area contributed by atoms with E-state index in [9.17, 15) is 8.42 Å². The molecule has 114 valence electrons. The first-order chi connectivity index (χ1) is 9.85. The summed E-state index contributed by atoms with van der Waals surface area (Å²) in [5.74, 6) is 0.867. The van der Waals surface area contributed by atoms with Crippen LogP contribution in [-0.4, -0.2) is 25.1 Å². The molecule has 0 spiro atoms. The molecule has 0 atom stereocenters. The Bertz CT molecular complexity index is 753. The van der Waals surface area contributed by atoms with Gasteiger partial charge in [0.15, 0.2) is 0 Å². The number of nitrogens with two attached hydrogens (primary N) is 1. The van der Waals surface area contributed by atoms with E-state index in [-0.39, 0.29) is 17.2 Å². The van der Waals surface area contributed by atoms with Crippen molar-refractivity contribution in [1.82, 2.24) is 14.3 Å². The van der Waals surface area contributed by atoms with E-state index in [1.54, 1.807) is 37.0 Å². The number of aryl methyl sites for hydroxylation is 2. The summed E-state index contributed by atoms with van der Waals surface area (Å²) >= 11 is 0. The van der Waals surface area contributed by atoms with Crippen molar-refractivity contribution in [1.29, 1.82) is 0 Å². The SMILES string of the molecule is COc1cc(C)c(N)cc1S(=O)(=O)NCc1nccn1C. The number of hydrogen-bond acceptors (Lipinski definition) is 5. The van der Waals surface area contributed by atoms with E-state index in [1.807, 2.05) is 0 Å². The molecule has 3 N–H and O–H groups in total. The second-order valence-corrected chi connectivity index (χ2v) is 6.37. The number of nitrogen functional groups attached to an aromatic ring is 1. The van der Waals surface area contributed by atoms with E-state index in [2.05, 4.69) is 9.71 Å². The molecule has 7 nitrogen and oxygen atoms in total. The fourth-order valence-corrected chi connectivity index (χ4v) is 3.01. The molecular weight excluding hydrogens is 292 g/mol. The largest absolute Gasteiger partial charge is 0.495 e. The zero-order valence-corrected chi connectivity index (χ0v) is 12.9. The average molecular weight is 310 g/mol. The Morgan fingerprint density at radius 2 is 2.14 bits per heavy atom. The highest BCUT2D eigenvalue weighted by molar-refractivity contribution is 7.89. The number of hydrogen-bond donors (Lipinski definition) is 2. The van der Waals surface area contributed by atoms with Gasteiger partial charge in [-0.15, -0.1) is 0 Å². The molecule has 0 unspecified atom stereocenters. The Balaban J connectivity index is 2.31. The molecule has 1 heterocycles. The lowest BCUT2D eigenvalue weighted by molar-refractivity contribution is 0.402. The first-order valence-electron chi connectivity index (χ1n) is 6.25. The Hall–Kier alpha value is -2.06. The maximum atomic E-state index is 12.4. The molecule has 0 fully saturated rings. The number of ether oxygens (including phenoxy) is 1. The molecule has 1 aromatic carbocycles. The van der Waals surface area contributed by atoms with Crippen molar-refractivity contribution in [3.63, 3.8) is 0 Å². The van der Waals surface area contributed by atoms with Gasteiger partial charge in [-0.1, -0.05) is 0 Å². The van der Waals surface area contributed by atoms with Gasteiger partial charge in [0, 0.05) is 25.1 Å². The van der Waals surface area contributed by atoms with Crippen LogP contribution in [0.5, 0.6) is 5.75 Å². The molecule has 0 aliphatic carbocycles. The summed E-state index contributed by atoms with van der Waals surface area (Å²) in [6, 6.07) is 3.00. The van der Waals surface area contributed by atoms with Crippen molar-refractivity contribution >= 4 is 15.7 Å². The van der Waals surface area contributed by atoms with Crippen LogP contribution in [0.4, 0.5) is 5.69 Å². The quantitative estimate of drug-likeness (QED) is 0.796. The zero-order valence-electron chi connectivity index (χ0n) is 12.1. The fraction of sp³-hybridized carbons (Fsp3) is 0.308. The van der Waals surface area contributed by atoms with Crippen LogP contribution in [-0.2, 0) is 23.6 Å². The van der Waals surface area contributed by atoms with Gasteiger partial charge in [-0.25, -0.2) is 18.1 Å². The summed E-state index contributed by atoms with van der Waals surface area (Å²) in [5.41, 5.74) is 6.95. The normalized spacial score (nSPS) is 11.6. The molecule has 2 aromatic rings. The summed E-state index contributed by atoms with van der Waals surface area (Å²) in [5, 5.41) is 0. The van der Waals surface area contributed by atoms with Gasteiger partial charge in [0.2, 0.25) is 10.0 Å². The number of nitrogens with zero attached hydrogens (tertiary/aromatic N) is 2. The molecule has 21 heavy (non-hydrogen) atoms. The third-order valence-corrected chi connectivity index (χ3v) is 4.61. The Morgan fingerprint density at radius 1 is 1.43 bits per heavy atom. The van der Waals surface area contributed by atoms with Crippen molar-refractivity contribution in [2.75, 3.05) is 12.8 Å². The second kappa shape index (κ2) is 5.74. The van der Waals surface area contributed by atoms with Gasteiger partial charge >= 0.3 is 0 Å². The lowest BCUT2D eigenvalue weighted by atomic mass is 10.2. The van der Waals surface area contributed by atoms with Gasteiger partial charge in [-0.2, -0.15) is 0 Å². The highest BCUT2D eigenvalue weighted by atomic mass is 32.2. The topological polar surface area (TPSA) is 99.2 Å². The Morgan fingerprint density at radius 3 is 2.71 bits per heavy atom. The van der Waals surface area contributed by atoms with Gasteiger partial charge in [-0.3, -0.25) is 0 Å². The Kier molecular flexibility index (Phi) is 4.19. The predicted molar refractivity (Wildman–Crippen MR) is 79.4 cm³/mol. The van der Waals surface area contributed by atoms with Crippen LogP contribution in [0.2, 0.25) is 0 Å². The van der Waals surface area contributed by atoms with Crippen LogP contribution in [0.3, 0.4) is 0 Å². The summed E-state index contributed by atoms with van der Waals surface area (Å²) < 4.78 is 34.2. The number of methoxy groups -OCH3 is 1. The number of imidazole rings is 1. The van der Waals surface area contributed by atoms with Crippen LogP contribution in [0.25, 0.3) is 0 Å². The molecule has 0 amide bonds. The van der Waals surface area contributed by atoms with Crippen LogP contribution >= 0.6 is 0 Å². The van der Waals surface area contributed by atoms with E-state index in [4.69, 9.17) is 10.5 Å². The summed E-state index contributed by atoms with van der Waals surface area (Å²) in [6.45, 7) is 1.87. The number of rotatable bonds is 5. The van der Waals surface area contributed by atoms with Crippen molar-refractivity contribution in [3.05, 3.63) is 35.9 Å². The van der Waals surface area contributed by atoms with Gasteiger partial charge in [0.25, 0.3) is 0 Å². The van der Waals surface area contributed by atoms with E-state index in [0.29, 0.717) is 11.5 Å². The molecule has 0 aliphatic heterocycles. The van der Waals surface area contributed by atoms with Crippen molar-refractivity contribution in [2.45, 2.75) is 18.4 Å². The fourth-order valence-electron chi connectivity index (χ4n) is 1.85. The minimum atomic E-state index is -3.74. The molecule has 1 aromatic heterocycles. The molecule has 0 saturated heterocycles. The molecule has 8 heteroatoms. The third kappa shape index (κ3) is 3.17. The lowest BCUT2D eigenvalue weighted by Crippen LogP contribution is -2.25. The van der Waals surface area contributed by atoms with Crippen LogP contribution < -0.4 is 15.2 Å². The van der Waals surface area contributed by atoms with Crippen molar-refractivity contribution in [3.8, 4) is 5.75 Å². The summed E-state index contributed by atoms with van der Waals surface area (Å²) in [4.78, 5) is 4.08. The number of nitrogens with one attached hydrogen (secondary N) is 1. The second-order valence-electron chi connectivity index (χ2n) is 4.64. The molecule has 0 radical (unpaired) electrons. The Labute approximate surface area is 123 Å². The predicted octanol–water partition coefficient (Wildman–Crippen LogP) is 0.798. The van der Waals surface area contributed by atoms with Crippen molar-refractivity contribution in [2.24, 2.45) is 7.05 Å². The minimum Gasteiger partial charge on any atom is -0.495 e. The number of sulfonamides is 1. The molecule has 2 rings (SSSR count). The van der Waals surface area contributed by atoms with E-state index in [0.717, 1.165) is 5.56 Å². The monoisotopic (exact) mass is 310 g/mol. The van der Waals surface area contributed by atoms with Crippen LogP contribution in [0, 0.1) is 6.92 Å². The van der Waals surface area contributed by atoms with Gasteiger partial charge in [0.05, 0.1) is 13.7 Å². The standard InChI is InChI=1S/C13H18N4O3S/c1-9-6-11(20-3)12(7-10(9)14)21(18,19)16-8-13-15-4-5-17(13)2/h4-7,16H,8,14H2,1-3H3.